The van der Waals surface area contributed by atoms with Crippen LogP contribution in [0, 0.1) is 62.9 Å². The zero-order valence-corrected chi connectivity index (χ0v) is 30.8. The fraction of sp³-hybridized carbons (Fsp3) is 0.238. The van der Waals surface area contributed by atoms with Crippen molar-refractivity contribution in [3.8, 4) is 0 Å². The second-order valence-corrected chi connectivity index (χ2v) is 15.8. The summed E-state index contributed by atoms with van der Waals surface area (Å²) in [6.07, 6.45) is 16.4. The summed E-state index contributed by atoms with van der Waals surface area (Å²) in [5, 5.41) is 5.14. The Morgan fingerprint density at radius 1 is 0.863 bits per heavy atom. The number of rotatable bonds is 7. The van der Waals surface area contributed by atoms with Gasteiger partial charge in [0.25, 0.3) is 0 Å². The zero-order chi connectivity index (χ0) is 34.9. The van der Waals surface area contributed by atoms with Gasteiger partial charge in [0.05, 0.1) is 29.8 Å². The average Bonchev–Trinajstić information content (AvgIpc) is 3.98. The number of fused-ring (bicyclic) bond motifs is 1. The molecule has 2 saturated carbocycles. The van der Waals surface area contributed by atoms with Crippen LogP contribution in [0.2, 0.25) is 0 Å². The minimum Gasteiger partial charge on any atom is -0.466 e. The molecule has 0 unspecified atom stereocenters. The first-order valence-corrected chi connectivity index (χ1v) is 18.8. The molecule has 9 heteroatoms. The normalized spacial score (nSPS) is 25.0. The molecule has 3 aliphatic carbocycles. The van der Waals surface area contributed by atoms with Gasteiger partial charge in [0.1, 0.15) is 6.10 Å². The van der Waals surface area contributed by atoms with Crippen LogP contribution in [0.5, 0.6) is 0 Å². The fourth-order valence-corrected chi connectivity index (χ4v) is 11.4. The number of benzene rings is 3. The second kappa shape index (κ2) is 15.8. The number of hydrogen-bond donors (Lipinski definition) is 1. The van der Waals surface area contributed by atoms with E-state index in [0.717, 1.165) is 39.1 Å². The van der Waals surface area contributed by atoms with E-state index in [0.29, 0.717) is 18.5 Å². The molecule has 3 aromatic carbocycles. The minimum absolute atomic E-state index is 0. The number of anilines is 1. The van der Waals surface area contributed by atoms with E-state index < -0.39 is 30.6 Å². The Labute approximate surface area is 313 Å². The number of nitrogens with one attached hydrogen (secondary N) is 1. The second-order valence-electron chi connectivity index (χ2n) is 13.1. The molecule has 0 aromatic heterocycles. The smallest absolute Gasteiger partial charge is 0.466 e. The summed E-state index contributed by atoms with van der Waals surface area (Å²) in [7, 11) is -1.85. The van der Waals surface area contributed by atoms with E-state index in [-0.39, 0.29) is 35.6 Å². The molecular weight excluding hydrogens is 699 g/mol. The third kappa shape index (κ3) is 6.67. The Morgan fingerprint density at radius 3 is 2.04 bits per heavy atom. The van der Waals surface area contributed by atoms with E-state index in [1.54, 1.807) is 0 Å². The van der Waals surface area contributed by atoms with Crippen LogP contribution in [0.25, 0.3) is 0 Å². The van der Waals surface area contributed by atoms with Crippen molar-refractivity contribution in [1.82, 2.24) is 4.90 Å². The minimum atomic E-state index is -3.23. The number of para-hydroxylation sites is 1. The Balaban J connectivity index is 0.000000689. The van der Waals surface area contributed by atoms with Gasteiger partial charge in [-0.05, 0) is 76.3 Å². The van der Waals surface area contributed by atoms with Crippen LogP contribution in [-0.2, 0) is 46.1 Å². The molecule has 3 fully saturated rings. The van der Waals surface area contributed by atoms with Crippen molar-refractivity contribution in [2.45, 2.75) is 50.3 Å². The van der Waals surface area contributed by atoms with E-state index in [4.69, 9.17) is 9.47 Å². The number of methoxy groups -OCH3 is 1. The Kier molecular flexibility index (Phi) is 11.7. The average molecular weight is 741 g/mol. The van der Waals surface area contributed by atoms with E-state index in [2.05, 4.69) is 29.6 Å². The molecule has 3 aromatic rings. The molecule has 2 heterocycles. The standard InChI is InChI=1S/C37H36N2O5P.C5H5.Fe/c1-24(28-17-12-20-33(28)45(42,26-13-6-4-7-14-26)27-15-8-5-9-16-27)39-22-21-37-30-18-10-11-19-31(30)38-34(37)29(36(41)43-3)23-32(35(37)39)44-25(2)40;1-2-4-5-3-1;/h4-20,24,32,35,38H,21-23H2,1-3H3;1-5H;/q;;+2/t24-,32+,35-,37-;;/m1../s1. The number of nitrogens with zero attached hydrogens (tertiary/aromatic N) is 1. The SMILES string of the molecule is COC(=O)C1=C2Nc3ccccc3[C@]23CCN([C@H](C)[C]2[CH][CH][CH][C]2P(=O)(c2ccccc2)c2ccccc2)[C@@H]3[C@@H](OC(C)=O)C1.[CH]1[CH][CH][CH][CH]1.[Fe+2]. The molecule has 0 amide bonds. The summed E-state index contributed by atoms with van der Waals surface area (Å²) < 4.78 is 26.8. The maximum absolute atomic E-state index is 15.5. The van der Waals surface area contributed by atoms with Crippen LogP contribution in [0.1, 0.15) is 32.3 Å². The molecule has 260 valence electrons. The van der Waals surface area contributed by atoms with Crippen molar-refractivity contribution in [2.24, 2.45) is 0 Å². The van der Waals surface area contributed by atoms with Gasteiger partial charge in [-0.1, -0.05) is 78.9 Å². The molecule has 0 bridgehead atoms. The van der Waals surface area contributed by atoms with Crippen LogP contribution >= 0.6 is 7.14 Å². The number of carbonyl (C=O) groups excluding carboxylic acids is 2. The summed E-state index contributed by atoms with van der Waals surface area (Å²) in [4.78, 5) is 28.2. The third-order valence-corrected chi connectivity index (χ3v) is 13.6. The van der Waals surface area contributed by atoms with Crippen molar-refractivity contribution in [2.75, 3.05) is 19.0 Å². The first-order chi connectivity index (χ1) is 24.3. The number of esters is 2. The maximum Gasteiger partial charge on any atom is 2.00 e. The summed E-state index contributed by atoms with van der Waals surface area (Å²) in [6, 6.07) is 27.1. The van der Waals surface area contributed by atoms with E-state index in [9.17, 15) is 9.59 Å². The largest absolute Gasteiger partial charge is 2.00 e. The van der Waals surface area contributed by atoms with Crippen molar-refractivity contribution in [3.63, 3.8) is 0 Å². The monoisotopic (exact) mass is 740 g/mol. The zero-order valence-electron chi connectivity index (χ0n) is 28.8. The quantitative estimate of drug-likeness (QED) is 0.172. The van der Waals surface area contributed by atoms with Gasteiger partial charge in [-0.25, -0.2) is 4.79 Å². The topological polar surface area (TPSA) is 84.9 Å². The summed E-state index contributed by atoms with van der Waals surface area (Å²) in [5.41, 5.74) is 3.58. The Bertz CT molecular complexity index is 1730. The number of carbonyl (C=O) groups is 2. The number of likely N-dealkylation sites (tertiary alicyclic amines) is 1. The van der Waals surface area contributed by atoms with Gasteiger partial charge >= 0.3 is 29.0 Å². The molecule has 1 N–H and O–H groups in total. The van der Waals surface area contributed by atoms with E-state index >= 15 is 4.57 Å². The van der Waals surface area contributed by atoms with Gasteiger partial charge in [0.15, 0.2) is 7.14 Å². The Morgan fingerprint density at radius 2 is 1.45 bits per heavy atom. The van der Waals surface area contributed by atoms with Crippen LogP contribution in [0.15, 0.2) is 96.2 Å². The third-order valence-electron chi connectivity index (χ3n) is 10.5. The molecule has 7 nitrogen and oxygen atoms in total. The first-order valence-electron chi connectivity index (χ1n) is 17.1. The van der Waals surface area contributed by atoms with Crippen molar-refractivity contribution < 1.29 is 40.7 Å². The van der Waals surface area contributed by atoms with Crippen molar-refractivity contribution in [1.29, 1.82) is 0 Å². The molecule has 1 spiro atoms. The van der Waals surface area contributed by atoms with Crippen molar-refractivity contribution >= 4 is 35.4 Å². The number of hydrogen-bond acceptors (Lipinski definition) is 7. The summed E-state index contributed by atoms with van der Waals surface area (Å²) in [5.74, 6) is 0.165. The molecule has 51 heavy (non-hydrogen) atoms. The fourth-order valence-electron chi connectivity index (χ4n) is 8.42. The van der Waals surface area contributed by atoms with E-state index in [1.165, 1.54) is 14.0 Å². The van der Waals surface area contributed by atoms with E-state index in [1.807, 2.05) is 124 Å². The molecule has 2 aliphatic heterocycles. The Hall–Kier alpha value is -3.15. The van der Waals surface area contributed by atoms with Crippen molar-refractivity contribution in [3.05, 3.63) is 165 Å². The first kappa shape index (κ1) is 37.6. The summed E-state index contributed by atoms with van der Waals surface area (Å²) in [6.45, 7) is 4.25. The predicted molar refractivity (Wildman–Crippen MR) is 196 cm³/mol. The molecule has 10 radical (unpaired) electrons. The summed E-state index contributed by atoms with van der Waals surface area (Å²) >= 11 is 0. The van der Waals surface area contributed by atoms with Crippen LogP contribution in [-0.4, -0.2) is 48.7 Å². The van der Waals surface area contributed by atoms with Crippen LogP contribution < -0.4 is 15.9 Å². The van der Waals surface area contributed by atoms with Gasteiger partial charge in [0.2, 0.25) is 0 Å². The van der Waals surface area contributed by atoms with Gasteiger partial charge in [-0.3, -0.25) is 9.69 Å². The van der Waals surface area contributed by atoms with Crippen LogP contribution in [0.3, 0.4) is 0 Å². The van der Waals surface area contributed by atoms with Gasteiger partial charge in [0, 0.05) is 53.8 Å². The van der Waals surface area contributed by atoms with Gasteiger partial charge < -0.3 is 19.4 Å². The van der Waals surface area contributed by atoms with Gasteiger partial charge in [-0.15, -0.1) is 0 Å². The molecule has 4 atom stereocenters. The maximum atomic E-state index is 15.5. The van der Waals surface area contributed by atoms with Crippen LogP contribution in [0.4, 0.5) is 5.69 Å². The molecule has 1 saturated heterocycles. The molecular formula is C42H41FeN2O5P+2. The van der Waals surface area contributed by atoms with Gasteiger partial charge in [-0.2, -0.15) is 0 Å². The molecule has 5 aliphatic rings. The predicted octanol–water partition coefficient (Wildman–Crippen LogP) is 6.34. The molecule has 8 rings (SSSR count). The number of ether oxygens (including phenoxy) is 2.